The Morgan fingerprint density at radius 1 is 1.06 bits per heavy atom. The average Bonchev–Trinajstić information content (AvgIpc) is 3.22. The van der Waals surface area contributed by atoms with Gasteiger partial charge in [0.25, 0.3) is 0 Å². The van der Waals surface area contributed by atoms with Crippen molar-refractivity contribution < 1.29 is 28.5 Å². The zero-order chi connectivity index (χ0) is 24.7. The molecule has 35 heavy (non-hydrogen) atoms. The predicted octanol–water partition coefficient (Wildman–Crippen LogP) is 5.11. The second-order valence-corrected chi connectivity index (χ2v) is 10.5. The maximum Gasteiger partial charge on any atom is 0.416 e. The van der Waals surface area contributed by atoms with Crippen LogP contribution in [-0.4, -0.2) is 44.3 Å². The van der Waals surface area contributed by atoms with Crippen LogP contribution in [0.4, 0.5) is 9.18 Å². The lowest BCUT2D eigenvalue weighted by Gasteiger charge is -2.35. The lowest BCUT2D eigenvalue weighted by atomic mass is 9.92. The number of H-pyrrole nitrogens is 1. The van der Waals surface area contributed by atoms with E-state index in [0.717, 1.165) is 27.7 Å². The Morgan fingerprint density at radius 2 is 1.74 bits per heavy atom. The molecule has 1 aromatic heterocycles. The van der Waals surface area contributed by atoms with Crippen molar-refractivity contribution >= 4 is 26.8 Å². The maximum absolute atomic E-state index is 13.3. The van der Waals surface area contributed by atoms with E-state index in [0.29, 0.717) is 18.7 Å². The molecule has 0 radical (unpaired) electrons. The first-order valence-corrected chi connectivity index (χ1v) is 12.9. The molecule has 3 aromatic carbocycles. The molecule has 1 N–H and O–H groups in total. The fraction of sp³-hybridized carbons (Fsp3) is 0.192. The molecule has 9 heteroatoms. The van der Waals surface area contributed by atoms with Gasteiger partial charge in [-0.05, 0) is 72.1 Å². The van der Waals surface area contributed by atoms with Gasteiger partial charge in [0.15, 0.2) is 9.84 Å². The van der Waals surface area contributed by atoms with Gasteiger partial charge in [0.1, 0.15) is 23.4 Å². The summed E-state index contributed by atoms with van der Waals surface area (Å²) in [4.78, 5) is 18.5. The van der Waals surface area contributed by atoms with Crippen LogP contribution in [0.15, 0.2) is 71.6 Å². The maximum atomic E-state index is 13.3. The van der Waals surface area contributed by atoms with Crippen LogP contribution in [0.1, 0.15) is 24.3 Å². The van der Waals surface area contributed by atoms with Crippen LogP contribution in [0, 0.1) is 5.82 Å². The molecular weight excluding hydrogens is 471 g/mol. The molecule has 0 saturated carbocycles. The van der Waals surface area contributed by atoms with Gasteiger partial charge in [-0.2, -0.15) is 0 Å². The minimum absolute atomic E-state index is 0. The number of hydrogen-bond donors (Lipinski definition) is 1. The van der Waals surface area contributed by atoms with E-state index in [1.807, 2.05) is 24.3 Å². The normalized spacial score (nSPS) is 15.6. The number of amides is 1. The van der Waals surface area contributed by atoms with E-state index in [-0.39, 0.29) is 12.1 Å². The highest BCUT2D eigenvalue weighted by Crippen LogP contribution is 2.39. The van der Waals surface area contributed by atoms with Crippen LogP contribution in [-0.2, 0) is 16.3 Å². The number of rotatable bonds is 4. The molecule has 5 rings (SSSR count). The van der Waals surface area contributed by atoms with E-state index in [1.54, 1.807) is 30.2 Å². The van der Waals surface area contributed by atoms with Crippen LogP contribution in [0.5, 0.6) is 11.5 Å². The van der Waals surface area contributed by atoms with Gasteiger partial charge in [-0.25, -0.2) is 17.6 Å². The molecule has 1 atom stereocenters. The van der Waals surface area contributed by atoms with E-state index < -0.39 is 27.8 Å². The Bertz CT molecular complexity index is 1520. The van der Waals surface area contributed by atoms with E-state index in [9.17, 15) is 17.6 Å². The number of benzene rings is 3. The molecule has 1 unspecified atom stereocenters. The highest BCUT2D eigenvalue weighted by molar-refractivity contribution is 7.90. The number of sulfone groups is 1. The molecule has 182 valence electrons. The SMILES string of the molecule is COc1ccc(C2c3[nH]c4ccc(S(C)(=O)=O)cc4c3CCN2C(=O)Oc2ccc(F)cc2)cc1.[HH]. The molecule has 1 aliphatic heterocycles. The smallest absolute Gasteiger partial charge is 0.416 e. The monoisotopic (exact) mass is 496 g/mol. The van der Waals surface area contributed by atoms with Crippen LogP contribution in [0.25, 0.3) is 10.9 Å². The fourth-order valence-corrected chi connectivity index (χ4v) is 5.14. The fourth-order valence-electron chi connectivity index (χ4n) is 4.49. The van der Waals surface area contributed by atoms with Crippen molar-refractivity contribution in [3.05, 3.63) is 89.4 Å². The van der Waals surface area contributed by atoms with Crippen LogP contribution in [0.2, 0.25) is 0 Å². The largest absolute Gasteiger partial charge is 0.497 e. The third-order valence-electron chi connectivity index (χ3n) is 6.21. The van der Waals surface area contributed by atoms with Gasteiger partial charge in [-0.1, -0.05) is 12.1 Å². The highest BCUT2D eigenvalue weighted by Gasteiger charge is 2.36. The van der Waals surface area contributed by atoms with Gasteiger partial charge in [-0.15, -0.1) is 0 Å². The first kappa shape index (κ1) is 22.9. The minimum Gasteiger partial charge on any atom is -0.497 e. The molecule has 7 nitrogen and oxygen atoms in total. The Labute approximate surface area is 203 Å². The molecule has 0 bridgehead atoms. The lowest BCUT2D eigenvalue weighted by molar-refractivity contribution is 0.135. The molecule has 0 fully saturated rings. The summed E-state index contributed by atoms with van der Waals surface area (Å²) in [6.45, 7) is 0.347. The molecule has 4 aromatic rings. The number of aromatic nitrogens is 1. The summed E-state index contributed by atoms with van der Waals surface area (Å²) in [5.74, 6) is 0.500. The van der Waals surface area contributed by atoms with Crippen LogP contribution in [0.3, 0.4) is 0 Å². The van der Waals surface area contributed by atoms with Gasteiger partial charge in [0.2, 0.25) is 0 Å². The van der Waals surface area contributed by atoms with Crippen LogP contribution >= 0.6 is 0 Å². The number of carbonyl (C=O) groups excluding carboxylic acids is 1. The Kier molecular flexibility index (Phi) is 5.72. The number of hydrogen-bond acceptors (Lipinski definition) is 5. The van der Waals surface area contributed by atoms with E-state index in [4.69, 9.17) is 9.47 Å². The molecule has 0 aliphatic carbocycles. The summed E-state index contributed by atoms with van der Waals surface area (Å²) in [6, 6.07) is 17.2. The van der Waals surface area contributed by atoms with Gasteiger partial charge in [0.05, 0.1) is 12.0 Å². The zero-order valence-corrected chi connectivity index (χ0v) is 19.9. The summed E-state index contributed by atoms with van der Waals surface area (Å²) in [7, 11) is -1.79. The number of aromatic amines is 1. The van der Waals surface area contributed by atoms with Crippen LogP contribution < -0.4 is 9.47 Å². The van der Waals surface area contributed by atoms with E-state index in [2.05, 4.69) is 4.98 Å². The van der Waals surface area contributed by atoms with Crippen molar-refractivity contribution in [2.75, 3.05) is 19.9 Å². The lowest BCUT2D eigenvalue weighted by Crippen LogP contribution is -2.42. The van der Waals surface area contributed by atoms with E-state index >= 15 is 0 Å². The Morgan fingerprint density at radius 3 is 2.40 bits per heavy atom. The standard InChI is InChI=1S/C26H23FN2O5S.H2/c1-33-18-7-3-16(4-8-18)25-24-21(22-15-20(35(2,31)32)11-12-23(22)28-24)13-14-29(25)26(30)34-19-9-5-17(27)6-10-19;/h3-12,15,25,28H,13-14H2,1-2H3;1H. The topological polar surface area (TPSA) is 88.7 Å². The number of methoxy groups -OCH3 is 1. The summed E-state index contributed by atoms with van der Waals surface area (Å²) < 4.78 is 48.4. The number of nitrogens with zero attached hydrogens (tertiary/aromatic N) is 1. The van der Waals surface area contributed by atoms with Crippen molar-refractivity contribution in [1.82, 2.24) is 9.88 Å². The van der Waals surface area contributed by atoms with E-state index in [1.165, 1.54) is 30.5 Å². The summed E-state index contributed by atoms with van der Waals surface area (Å²) in [6.07, 6.45) is 1.12. The summed E-state index contributed by atoms with van der Waals surface area (Å²) in [5.41, 5.74) is 3.36. The van der Waals surface area contributed by atoms with Crippen molar-refractivity contribution in [2.45, 2.75) is 17.4 Å². The Balaban J connectivity index is 0.00000304. The average molecular weight is 497 g/mol. The quantitative estimate of drug-likeness (QED) is 0.424. The summed E-state index contributed by atoms with van der Waals surface area (Å²) >= 11 is 0. The van der Waals surface area contributed by atoms with Gasteiger partial charge in [-0.3, -0.25) is 4.90 Å². The van der Waals surface area contributed by atoms with Crippen molar-refractivity contribution in [2.24, 2.45) is 0 Å². The van der Waals surface area contributed by atoms with Gasteiger partial charge < -0.3 is 14.5 Å². The number of ether oxygens (including phenoxy) is 2. The number of fused-ring (bicyclic) bond motifs is 3. The van der Waals surface area contributed by atoms with Crippen molar-refractivity contribution in [3.63, 3.8) is 0 Å². The first-order valence-electron chi connectivity index (χ1n) is 11.0. The minimum atomic E-state index is -3.37. The predicted molar refractivity (Wildman–Crippen MR) is 131 cm³/mol. The molecular formula is C26H25FN2O5S. The zero-order valence-electron chi connectivity index (χ0n) is 19.1. The second kappa shape index (κ2) is 8.74. The van der Waals surface area contributed by atoms with Gasteiger partial charge in [0, 0.05) is 30.8 Å². The molecule has 0 saturated heterocycles. The third-order valence-corrected chi connectivity index (χ3v) is 7.32. The van der Waals surface area contributed by atoms with Gasteiger partial charge >= 0.3 is 6.09 Å². The van der Waals surface area contributed by atoms with Crippen molar-refractivity contribution in [1.29, 1.82) is 0 Å². The third kappa shape index (κ3) is 4.35. The molecule has 1 amide bonds. The number of carbonyl (C=O) groups is 1. The number of nitrogens with one attached hydrogen (secondary N) is 1. The van der Waals surface area contributed by atoms with Crippen molar-refractivity contribution in [3.8, 4) is 11.5 Å². The second-order valence-electron chi connectivity index (χ2n) is 8.44. The molecule has 0 spiro atoms. The first-order chi connectivity index (χ1) is 16.7. The highest BCUT2D eigenvalue weighted by atomic mass is 32.2. The number of halogens is 1. The molecule has 1 aliphatic rings. The Hall–Kier alpha value is -3.85. The molecule has 2 heterocycles. The summed E-state index contributed by atoms with van der Waals surface area (Å²) in [5, 5.41) is 0.813.